The molecule has 1 heterocycles. The molecule has 10 nitrogen and oxygen atoms in total. The molecule has 2 N–H and O–H groups in total. The van der Waals surface area contributed by atoms with Crippen LogP contribution in [0.3, 0.4) is 0 Å². The number of hydrogen-bond donors (Lipinski definition) is 2. The van der Waals surface area contributed by atoms with Crippen molar-refractivity contribution in [3.8, 4) is 11.5 Å². The largest absolute Gasteiger partial charge is 0.494 e. The fourth-order valence-corrected chi connectivity index (χ4v) is 3.15. The monoisotopic (exact) mass is 478 g/mol. The summed E-state index contributed by atoms with van der Waals surface area (Å²) in [4.78, 5) is 30.8. The Kier molecular flexibility index (Phi) is 9.55. The minimum atomic E-state index is -0.869. The van der Waals surface area contributed by atoms with Gasteiger partial charge in [0.25, 0.3) is 0 Å². The first-order chi connectivity index (χ1) is 15.8. The number of methoxy groups -OCH3 is 1. The highest BCUT2D eigenvalue weighted by Gasteiger charge is 2.21. The molecule has 0 aliphatic carbocycles. The number of rotatable bonds is 6. The standard InChI is InChI=1S/C24H38N4O6/c1-23(2,3)33-21(29)26-20(27-22(30)34-24(4,5)6)25-18-11-10-17(16-19(18)31-7)32-15-14-28-12-8-9-13-28/h10-11,16H,8-9,12-15H2,1-7H3,(H2,25,26,27,29,30). The summed E-state index contributed by atoms with van der Waals surface area (Å²) < 4.78 is 21.8. The quantitative estimate of drug-likeness (QED) is 0.457. The molecule has 0 radical (unpaired) electrons. The summed E-state index contributed by atoms with van der Waals surface area (Å²) >= 11 is 0. The van der Waals surface area contributed by atoms with Gasteiger partial charge < -0.3 is 24.3 Å². The van der Waals surface area contributed by atoms with Gasteiger partial charge in [-0.2, -0.15) is 0 Å². The number of likely N-dealkylation sites (tertiary alicyclic amines) is 1. The first-order valence-electron chi connectivity index (χ1n) is 11.5. The van der Waals surface area contributed by atoms with Crippen molar-refractivity contribution >= 4 is 23.8 Å². The number of anilines is 1. The minimum Gasteiger partial charge on any atom is -0.494 e. The van der Waals surface area contributed by atoms with E-state index < -0.39 is 23.4 Å². The molecule has 1 aromatic rings. The van der Waals surface area contributed by atoms with Crippen molar-refractivity contribution in [2.24, 2.45) is 4.99 Å². The number of carbonyl (C=O) groups excluding carboxylic acids is 2. The predicted octanol–water partition coefficient (Wildman–Crippen LogP) is 4.40. The van der Waals surface area contributed by atoms with Crippen LogP contribution in [0.2, 0.25) is 0 Å². The van der Waals surface area contributed by atoms with E-state index in [9.17, 15) is 9.59 Å². The van der Waals surface area contributed by atoms with Crippen LogP contribution in [-0.2, 0) is 9.47 Å². The maximum Gasteiger partial charge on any atom is 0.437 e. The van der Waals surface area contributed by atoms with Gasteiger partial charge in [-0.3, -0.25) is 10.2 Å². The van der Waals surface area contributed by atoms with Crippen LogP contribution in [0.1, 0.15) is 54.4 Å². The topological polar surface area (TPSA) is 111 Å². The maximum absolute atomic E-state index is 12.3. The molecular weight excluding hydrogens is 440 g/mol. The van der Waals surface area contributed by atoms with E-state index in [-0.39, 0.29) is 5.96 Å². The van der Waals surface area contributed by atoms with Crippen LogP contribution in [0, 0.1) is 0 Å². The second kappa shape index (κ2) is 11.9. The van der Waals surface area contributed by atoms with Gasteiger partial charge in [0.15, 0.2) is 0 Å². The summed E-state index contributed by atoms with van der Waals surface area (Å²) in [6.45, 7) is 14.0. The Bertz CT molecular complexity index is 867. The molecule has 1 aliphatic heterocycles. The van der Waals surface area contributed by atoms with Crippen LogP contribution in [-0.4, -0.2) is 67.6 Å². The van der Waals surface area contributed by atoms with Crippen molar-refractivity contribution in [1.82, 2.24) is 10.2 Å². The molecule has 1 fully saturated rings. The van der Waals surface area contributed by atoms with Crippen molar-refractivity contribution in [3.05, 3.63) is 18.2 Å². The summed E-state index contributed by atoms with van der Waals surface area (Å²) in [5, 5.41) is 5.36. The highest BCUT2D eigenvalue weighted by Crippen LogP contribution is 2.29. The molecule has 0 atom stereocenters. The fourth-order valence-electron chi connectivity index (χ4n) is 3.15. The molecule has 1 saturated heterocycles. The van der Waals surface area contributed by atoms with Gasteiger partial charge in [-0.05, 0) is 79.6 Å². The van der Waals surface area contributed by atoms with E-state index in [1.165, 1.54) is 20.0 Å². The van der Waals surface area contributed by atoms with Gasteiger partial charge >= 0.3 is 12.2 Å². The first kappa shape index (κ1) is 27.2. The summed E-state index contributed by atoms with van der Waals surface area (Å²) in [5.74, 6) is 0.929. The Morgan fingerprint density at radius 1 is 1.03 bits per heavy atom. The van der Waals surface area contributed by atoms with E-state index in [2.05, 4.69) is 20.5 Å². The summed E-state index contributed by atoms with van der Waals surface area (Å²) in [6, 6.07) is 5.21. The molecule has 10 heteroatoms. The molecule has 0 spiro atoms. The maximum atomic E-state index is 12.3. The molecule has 2 rings (SSSR count). The molecule has 0 unspecified atom stereocenters. The summed E-state index contributed by atoms with van der Waals surface area (Å²) in [7, 11) is 1.51. The van der Waals surface area contributed by atoms with Crippen LogP contribution in [0.25, 0.3) is 0 Å². The van der Waals surface area contributed by atoms with Gasteiger partial charge in [-0.15, -0.1) is 4.99 Å². The highest BCUT2D eigenvalue weighted by molar-refractivity contribution is 6.06. The van der Waals surface area contributed by atoms with Crippen molar-refractivity contribution in [3.63, 3.8) is 0 Å². The van der Waals surface area contributed by atoms with Crippen LogP contribution < -0.4 is 20.1 Å². The lowest BCUT2D eigenvalue weighted by molar-refractivity contribution is 0.0562. The molecule has 0 saturated carbocycles. The Labute approximate surface area is 202 Å². The van der Waals surface area contributed by atoms with Crippen molar-refractivity contribution in [1.29, 1.82) is 0 Å². The lowest BCUT2D eigenvalue weighted by atomic mass is 10.2. The lowest BCUT2D eigenvalue weighted by Gasteiger charge is -2.21. The van der Waals surface area contributed by atoms with Crippen LogP contribution >= 0.6 is 0 Å². The average Bonchev–Trinajstić information content (AvgIpc) is 3.19. The van der Waals surface area contributed by atoms with Crippen LogP contribution in [0.5, 0.6) is 11.5 Å². The third kappa shape index (κ3) is 10.3. The highest BCUT2D eigenvalue weighted by atomic mass is 16.6. The predicted molar refractivity (Wildman–Crippen MR) is 131 cm³/mol. The number of benzene rings is 1. The number of nitrogens with zero attached hydrogens (tertiary/aromatic N) is 2. The number of aliphatic imine (C=N–C) groups is 1. The number of amides is 2. The van der Waals surface area contributed by atoms with Crippen LogP contribution in [0.4, 0.5) is 15.3 Å². The number of guanidine groups is 1. The number of alkyl carbamates (subject to hydrolysis) is 1. The molecule has 0 bridgehead atoms. The number of carbonyl (C=O) groups is 2. The second-order valence-electron chi connectivity index (χ2n) is 9.95. The minimum absolute atomic E-state index is 0.162. The second-order valence-corrected chi connectivity index (χ2v) is 9.95. The number of hydrogen-bond acceptors (Lipinski definition) is 7. The normalized spacial score (nSPS) is 15.0. The Morgan fingerprint density at radius 2 is 1.68 bits per heavy atom. The van der Waals surface area contributed by atoms with E-state index in [1.807, 2.05) is 0 Å². The fraction of sp³-hybridized carbons (Fsp3) is 0.625. The third-order valence-corrected chi connectivity index (χ3v) is 4.52. The molecule has 190 valence electrons. The van der Waals surface area contributed by atoms with E-state index in [0.29, 0.717) is 23.8 Å². The van der Waals surface area contributed by atoms with E-state index in [1.54, 1.807) is 59.7 Å². The average molecular weight is 479 g/mol. The van der Waals surface area contributed by atoms with Crippen molar-refractivity contribution < 1.29 is 28.5 Å². The van der Waals surface area contributed by atoms with E-state index in [0.717, 1.165) is 19.6 Å². The van der Waals surface area contributed by atoms with Gasteiger partial charge in [0.2, 0.25) is 5.96 Å². The molecule has 0 aromatic heterocycles. The number of nitrogens with one attached hydrogen (secondary N) is 2. The van der Waals surface area contributed by atoms with Gasteiger partial charge in [0.1, 0.15) is 29.3 Å². The third-order valence-electron chi connectivity index (χ3n) is 4.52. The summed E-state index contributed by atoms with van der Waals surface area (Å²) in [6.07, 6.45) is 0.826. The Morgan fingerprint density at radius 3 is 2.26 bits per heavy atom. The number of ether oxygens (including phenoxy) is 4. The first-order valence-corrected chi connectivity index (χ1v) is 11.5. The van der Waals surface area contributed by atoms with Gasteiger partial charge in [0.05, 0.1) is 12.8 Å². The van der Waals surface area contributed by atoms with Crippen molar-refractivity contribution in [2.75, 3.05) is 38.7 Å². The van der Waals surface area contributed by atoms with E-state index in [4.69, 9.17) is 18.9 Å². The molecule has 2 amide bonds. The SMILES string of the molecule is COc1cc(OCCN2CCCC2)ccc1N/C(=N\C(=O)OC(C)(C)C)NC(=O)OC(C)(C)C. The molecule has 34 heavy (non-hydrogen) atoms. The molecule has 1 aromatic carbocycles. The summed E-state index contributed by atoms with van der Waals surface area (Å²) in [5.41, 5.74) is -1.01. The van der Waals surface area contributed by atoms with Gasteiger partial charge in [-0.25, -0.2) is 9.59 Å². The smallest absolute Gasteiger partial charge is 0.437 e. The Hall–Kier alpha value is -3.01. The molecular formula is C24H38N4O6. The molecule has 1 aliphatic rings. The van der Waals surface area contributed by atoms with Crippen LogP contribution in [0.15, 0.2) is 23.2 Å². The van der Waals surface area contributed by atoms with Crippen molar-refractivity contribution in [2.45, 2.75) is 65.6 Å². The van der Waals surface area contributed by atoms with Gasteiger partial charge in [0, 0.05) is 12.6 Å². The van der Waals surface area contributed by atoms with E-state index >= 15 is 0 Å². The zero-order chi connectivity index (χ0) is 25.4. The zero-order valence-electron chi connectivity index (χ0n) is 21.3. The lowest BCUT2D eigenvalue weighted by Crippen LogP contribution is -2.40. The van der Waals surface area contributed by atoms with Gasteiger partial charge in [-0.1, -0.05) is 0 Å². The Balaban J connectivity index is 2.13. The zero-order valence-corrected chi connectivity index (χ0v) is 21.3.